The van der Waals surface area contributed by atoms with E-state index in [1.165, 1.54) is 6.07 Å². The van der Waals surface area contributed by atoms with Crippen LogP contribution in [0.5, 0.6) is 0 Å². The fraction of sp³-hybridized carbons (Fsp3) is 0.579. The van der Waals surface area contributed by atoms with Crippen LogP contribution in [0.25, 0.3) is 0 Å². The van der Waals surface area contributed by atoms with Crippen LogP contribution in [0.1, 0.15) is 48.3 Å². The molecule has 28 heavy (non-hydrogen) atoms. The van der Waals surface area contributed by atoms with Gasteiger partial charge in [-0.1, -0.05) is 0 Å². The Hall–Kier alpha value is -2.68. The number of carbonyl (C=O) groups is 1. The molecule has 148 valence electrons. The number of primary amides is 1. The minimum Gasteiger partial charge on any atom is -0.390 e. The van der Waals surface area contributed by atoms with Crippen molar-refractivity contribution < 1.29 is 9.90 Å². The van der Waals surface area contributed by atoms with Crippen molar-refractivity contribution in [1.29, 1.82) is 0 Å². The van der Waals surface area contributed by atoms with Gasteiger partial charge >= 0.3 is 0 Å². The highest BCUT2D eigenvalue weighted by Gasteiger charge is 2.54. The van der Waals surface area contributed by atoms with Gasteiger partial charge in [0.2, 0.25) is 5.95 Å². The molecule has 2 heterocycles. The molecule has 9 heteroatoms. The van der Waals surface area contributed by atoms with Crippen LogP contribution in [0.4, 0.5) is 17.6 Å². The van der Waals surface area contributed by atoms with Crippen molar-refractivity contribution in [3.05, 3.63) is 23.5 Å². The average molecular weight is 383 g/mol. The number of rotatable bonds is 5. The summed E-state index contributed by atoms with van der Waals surface area (Å²) in [6.07, 6.45) is 4.85. The molecule has 9 nitrogen and oxygen atoms in total. The molecule has 6 rings (SSSR count). The molecule has 0 aromatic carbocycles. The quantitative estimate of drug-likeness (QED) is 0.529. The van der Waals surface area contributed by atoms with E-state index < -0.39 is 11.5 Å². The normalized spacial score (nSPS) is 33.1. The van der Waals surface area contributed by atoms with E-state index in [1.807, 2.05) is 13.0 Å². The van der Waals surface area contributed by atoms with E-state index in [0.717, 1.165) is 37.8 Å². The Balaban J connectivity index is 1.41. The number of carbonyl (C=O) groups excluding carboxylic acids is 1. The first-order valence-corrected chi connectivity index (χ1v) is 9.84. The van der Waals surface area contributed by atoms with E-state index >= 15 is 0 Å². The van der Waals surface area contributed by atoms with Gasteiger partial charge in [-0.05, 0) is 56.8 Å². The van der Waals surface area contributed by atoms with Gasteiger partial charge < -0.3 is 21.5 Å². The molecule has 4 bridgehead atoms. The van der Waals surface area contributed by atoms with Crippen LogP contribution in [0.15, 0.2) is 12.1 Å². The number of aryl methyl sites for hydroxylation is 1. The van der Waals surface area contributed by atoms with E-state index in [1.54, 1.807) is 0 Å². The van der Waals surface area contributed by atoms with Gasteiger partial charge in [0.1, 0.15) is 11.5 Å². The number of H-pyrrole nitrogens is 1. The average Bonchev–Trinajstić information content (AvgIpc) is 3.01. The van der Waals surface area contributed by atoms with Crippen LogP contribution in [-0.4, -0.2) is 42.8 Å². The summed E-state index contributed by atoms with van der Waals surface area (Å²) in [6, 6.07) is 3.58. The Morgan fingerprint density at radius 1 is 1.21 bits per heavy atom. The van der Waals surface area contributed by atoms with Crippen molar-refractivity contribution in [2.45, 2.75) is 50.7 Å². The predicted octanol–water partition coefficient (Wildman–Crippen LogP) is 1.70. The van der Waals surface area contributed by atoms with E-state index in [4.69, 9.17) is 5.73 Å². The van der Waals surface area contributed by atoms with Crippen molar-refractivity contribution in [1.82, 2.24) is 20.2 Å². The maximum atomic E-state index is 11.8. The molecule has 1 amide bonds. The minimum atomic E-state index is -0.605. The standard InChI is InChI=1S/C19H25N7O2/c1-9-2-15(26-25-9)22-14-5-13(17(20)27)21-18(23-14)24-16-11-3-10-4-12(16)8-19(28,6-10)7-11/h2,5,10-12,16,28H,3-4,6-8H2,1H3,(H2,20,27)(H3,21,22,23,24,25,26). The number of nitrogens with zero attached hydrogens (tertiary/aromatic N) is 3. The minimum absolute atomic E-state index is 0.148. The summed E-state index contributed by atoms with van der Waals surface area (Å²) in [5, 5.41) is 24.3. The first-order chi connectivity index (χ1) is 13.4. The molecular weight excluding hydrogens is 358 g/mol. The van der Waals surface area contributed by atoms with Gasteiger partial charge in [-0.2, -0.15) is 10.1 Å². The summed E-state index contributed by atoms with van der Waals surface area (Å²) in [5.74, 6) is 2.28. The van der Waals surface area contributed by atoms with Gasteiger partial charge in [-0.15, -0.1) is 0 Å². The summed E-state index contributed by atoms with van der Waals surface area (Å²) in [7, 11) is 0. The van der Waals surface area contributed by atoms with Crippen LogP contribution in [0.3, 0.4) is 0 Å². The highest BCUT2D eigenvalue weighted by Crippen LogP contribution is 2.56. The summed E-state index contributed by atoms with van der Waals surface area (Å²) < 4.78 is 0. The SMILES string of the molecule is Cc1cc(Nc2cc(C(N)=O)nc(NC3C4CC5CC3CC(O)(C5)C4)n2)n[nH]1. The van der Waals surface area contributed by atoms with Crippen molar-refractivity contribution >= 4 is 23.5 Å². The maximum absolute atomic E-state index is 11.8. The Labute approximate surface area is 162 Å². The second-order valence-corrected chi connectivity index (χ2v) is 8.75. The van der Waals surface area contributed by atoms with Gasteiger partial charge in [0.15, 0.2) is 5.82 Å². The number of aromatic amines is 1. The first-order valence-electron chi connectivity index (χ1n) is 9.84. The number of nitrogens with one attached hydrogen (secondary N) is 3. The first kappa shape index (κ1) is 17.4. The van der Waals surface area contributed by atoms with E-state index in [-0.39, 0.29) is 11.7 Å². The lowest BCUT2D eigenvalue weighted by Crippen LogP contribution is -2.59. The van der Waals surface area contributed by atoms with Gasteiger partial charge in [-0.25, -0.2) is 4.98 Å². The lowest BCUT2D eigenvalue weighted by Gasteiger charge is -2.58. The molecule has 4 aliphatic rings. The maximum Gasteiger partial charge on any atom is 0.267 e. The lowest BCUT2D eigenvalue weighted by atomic mass is 9.52. The van der Waals surface area contributed by atoms with Gasteiger partial charge in [0, 0.05) is 23.9 Å². The second kappa shape index (κ2) is 6.16. The van der Waals surface area contributed by atoms with Crippen molar-refractivity contribution in [2.75, 3.05) is 10.6 Å². The molecule has 0 aliphatic heterocycles. The van der Waals surface area contributed by atoms with Crippen molar-refractivity contribution in [2.24, 2.45) is 23.5 Å². The fourth-order valence-electron chi connectivity index (χ4n) is 5.68. The monoisotopic (exact) mass is 383 g/mol. The molecule has 2 atom stereocenters. The number of anilines is 3. The lowest BCUT2D eigenvalue weighted by molar-refractivity contribution is -0.129. The number of hydrogen-bond acceptors (Lipinski definition) is 7. The summed E-state index contributed by atoms with van der Waals surface area (Å²) in [6.45, 7) is 1.90. The second-order valence-electron chi connectivity index (χ2n) is 8.75. The number of amides is 1. The molecule has 4 fully saturated rings. The molecule has 0 spiro atoms. The van der Waals surface area contributed by atoms with E-state index in [2.05, 4.69) is 30.8 Å². The third-order valence-corrected chi connectivity index (χ3v) is 6.48. The van der Waals surface area contributed by atoms with Crippen molar-refractivity contribution in [3.8, 4) is 0 Å². The molecular formula is C19H25N7O2. The molecule has 2 unspecified atom stereocenters. The number of nitrogens with two attached hydrogens (primary N) is 1. The number of aliphatic hydroxyl groups is 1. The van der Waals surface area contributed by atoms with Crippen LogP contribution in [0, 0.1) is 24.7 Å². The van der Waals surface area contributed by atoms with Crippen LogP contribution in [0.2, 0.25) is 0 Å². The molecule has 0 saturated heterocycles. The topological polar surface area (TPSA) is 142 Å². The zero-order chi connectivity index (χ0) is 19.5. The largest absolute Gasteiger partial charge is 0.390 e. The van der Waals surface area contributed by atoms with Crippen LogP contribution < -0.4 is 16.4 Å². The zero-order valence-electron chi connectivity index (χ0n) is 15.8. The molecule has 6 N–H and O–H groups in total. The van der Waals surface area contributed by atoms with Gasteiger partial charge in [0.05, 0.1) is 5.60 Å². The van der Waals surface area contributed by atoms with E-state index in [0.29, 0.717) is 35.3 Å². The number of aromatic nitrogens is 4. The van der Waals surface area contributed by atoms with E-state index in [9.17, 15) is 9.90 Å². The zero-order valence-corrected chi connectivity index (χ0v) is 15.8. The smallest absolute Gasteiger partial charge is 0.267 e. The third-order valence-electron chi connectivity index (χ3n) is 6.48. The Kier molecular flexibility index (Phi) is 3.84. The highest BCUT2D eigenvalue weighted by molar-refractivity contribution is 5.92. The third kappa shape index (κ3) is 3.09. The Bertz CT molecular complexity index is 911. The molecule has 2 aromatic heterocycles. The summed E-state index contributed by atoms with van der Waals surface area (Å²) in [4.78, 5) is 20.6. The van der Waals surface area contributed by atoms with Gasteiger partial charge in [0.25, 0.3) is 5.91 Å². The Morgan fingerprint density at radius 2 is 1.96 bits per heavy atom. The molecule has 0 radical (unpaired) electrons. The predicted molar refractivity (Wildman–Crippen MR) is 103 cm³/mol. The molecule has 2 aromatic rings. The summed E-state index contributed by atoms with van der Waals surface area (Å²) in [5.41, 5.74) is 6.05. The summed E-state index contributed by atoms with van der Waals surface area (Å²) >= 11 is 0. The number of hydrogen-bond donors (Lipinski definition) is 5. The molecule has 4 aliphatic carbocycles. The molecule has 4 saturated carbocycles. The van der Waals surface area contributed by atoms with Crippen LogP contribution in [-0.2, 0) is 0 Å². The Morgan fingerprint density at radius 3 is 2.57 bits per heavy atom. The highest BCUT2D eigenvalue weighted by atomic mass is 16.3. The van der Waals surface area contributed by atoms with Crippen molar-refractivity contribution in [3.63, 3.8) is 0 Å². The van der Waals surface area contributed by atoms with Crippen LogP contribution >= 0.6 is 0 Å². The fourth-order valence-corrected chi connectivity index (χ4v) is 5.68. The van der Waals surface area contributed by atoms with Gasteiger partial charge in [-0.3, -0.25) is 9.89 Å².